The van der Waals surface area contributed by atoms with E-state index in [1.165, 1.54) is 0 Å². The molecular weight excluding hydrogens is 448 g/mol. The molecule has 1 aliphatic carbocycles. The Morgan fingerprint density at radius 3 is 2.43 bits per heavy atom. The summed E-state index contributed by atoms with van der Waals surface area (Å²) < 4.78 is 11.0. The van der Waals surface area contributed by atoms with Crippen molar-refractivity contribution < 1.29 is 29.0 Å². The predicted octanol–water partition coefficient (Wildman–Crippen LogP) is 3.25. The third-order valence-electron chi connectivity index (χ3n) is 7.67. The average molecular weight is 479 g/mol. The van der Waals surface area contributed by atoms with Crippen LogP contribution in [-0.4, -0.2) is 66.9 Å². The van der Waals surface area contributed by atoms with Crippen molar-refractivity contribution in [2.24, 2.45) is 11.3 Å². The first-order chi connectivity index (χ1) is 16.9. The number of carbonyl (C=O) groups excluding carboxylic acids is 2. The number of alkyl carbamates (subject to hydrolysis) is 1. The Labute approximate surface area is 204 Å². The smallest absolute Gasteiger partial charge is 0.407 e. The normalized spacial score (nSPS) is 23.7. The van der Waals surface area contributed by atoms with Crippen LogP contribution in [0.2, 0.25) is 0 Å². The van der Waals surface area contributed by atoms with Gasteiger partial charge in [-0.15, -0.1) is 0 Å². The molecule has 2 N–H and O–H groups in total. The van der Waals surface area contributed by atoms with Gasteiger partial charge in [0.2, 0.25) is 5.91 Å². The van der Waals surface area contributed by atoms with Crippen molar-refractivity contribution in [1.29, 1.82) is 0 Å². The van der Waals surface area contributed by atoms with Crippen molar-refractivity contribution in [3.8, 4) is 11.1 Å². The lowest BCUT2D eigenvalue weighted by atomic mass is 9.74. The molecule has 8 nitrogen and oxygen atoms in total. The number of carboxylic acids is 1. The predicted molar refractivity (Wildman–Crippen MR) is 128 cm³/mol. The summed E-state index contributed by atoms with van der Waals surface area (Å²) in [5.41, 5.74) is 3.66. The van der Waals surface area contributed by atoms with E-state index in [4.69, 9.17) is 9.47 Å². The molecular formula is C27H30N2O6. The van der Waals surface area contributed by atoms with Crippen LogP contribution in [0, 0.1) is 11.3 Å². The summed E-state index contributed by atoms with van der Waals surface area (Å²) >= 11 is 0. The first-order valence-corrected chi connectivity index (χ1v) is 12.1. The molecule has 5 rings (SSSR count). The molecule has 2 heterocycles. The van der Waals surface area contributed by atoms with Crippen molar-refractivity contribution >= 4 is 18.0 Å². The van der Waals surface area contributed by atoms with E-state index in [0.717, 1.165) is 22.3 Å². The second-order valence-electron chi connectivity index (χ2n) is 9.83. The molecule has 3 atom stereocenters. The van der Waals surface area contributed by atoms with Gasteiger partial charge in [-0.25, -0.2) is 4.79 Å². The quantitative estimate of drug-likeness (QED) is 0.660. The van der Waals surface area contributed by atoms with E-state index < -0.39 is 23.5 Å². The third kappa shape index (κ3) is 4.27. The van der Waals surface area contributed by atoms with E-state index in [0.29, 0.717) is 26.2 Å². The number of fused-ring (bicyclic) bond motifs is 4. The number of amides is 2. The zero-order valence-electron chi connectivity index (χ0n) is 19.7. The highest BCUT2D eigenvalue weighted by molar-refractivity contribution is 5.82. The molecule has 8 heteroatoms. The van der Waals surface area contributed by atoms with Crippen LogP contribution >= 0.6 is 0 Å². The van der Waals surface area contributed by atoms with E-state index in [1.54, 1.807) is 11.8 Å². The largest absolute Gasteiger partial charge is 0.481 e. The highest BCUT2D eigenvalue weighted by Crippen LogP contribution is 2.45. The Hall–Kier alpha value is -3.39. The first-order valence-electron chi connectivity index (χ1n) is 12.1. The van der Waals surface area contributed by atoms with Gasteiger partial charge in [-0.1, -0.05) is 48.5 Å². The van der Waals surface area contributed by atoms with Crippen molar-refractivity contribution in [2.75, 3.05) is 32.9 Å². The second kappa shape index (κ2) is 9.34. The summed E-state index contributed by atoms with van der Waals surface area (Å²) in [7, 11) is 0. The average Bonchev–Trinajstić information content (AvgIpc) is 3.40. The Morgan fingerprint density at radius 2 is 1.80 bits per heavy atom. The number of ether oxygens (including phenoxy) is 2. The number of hydrogen-bond donors (Lipinski definition) is 2. The molecule has 0 spiro atoms. The Bertz CT molecular complexity index is 1100. The van der Waals surface area contributed by atoms with Crippen LogP contribution in [0.4, 0.5) is 4.79 Å². The monoisotopic (exact) mass is 478 g/mol. The molecule has 35 heavy (non-hydrogen) atoms. The van der Waals surface area contributed by atoms with Crippen LogP contribution in [0.5, 0.6) is 0 Å². The number of nitrogens with zero attached hydrogens (tertiary/aromatic N) is 1. The van der Waals surface area contributed by atoms with E-state index in [9.17, 15) is 19.5 Å². The van der Waals surface area contributed by atoms with Crippen LogP contribution in [0.15, 0.2) is 48.5 Å². The van der Waals surface area contributed by atoms with Crippen LogP contribution in [0.1, 0.15) is 36.8 Å². The summed E-state index contributed by atoms with van der Waals surface area (Å²) in [5, 5.41) is 12.6. The van der Waals surface area contributed by atoms with Gasteiger partial charge < -0.3 is 24.8 Å². The first kappa shape index (κ1) is 23.4. The second-order valence-corrected chi connectivity index (χ2v) is 9.83. The lowest BCUT2D eigenvalue weighted by molar-refractivity contribution is -0.157. The molecule has 0 radical (unpaired) electrons. The van der Waals surface area contributed by atoms with Gasteiger partial charge >= 0.3 is 12.1 Å². The maximum Gasteiger partial charge on any atom is 0.407 e. The van der Waals surface area contributed by atoms with E-state index in [2.05, 4.69) is 29.6 Å². The summed E-state index contributed by atoms with van der Waals surface area (Å²) in [6.07, 6.45) is -0.0877. The molecule has 0 saturated carbocycles. The minimum absolute atomic E-state index is 0.0348. The van der Waals surface area contributed by atoms with Gasteiger partial charge in [-0.3, -0.25) is 9.59 Å². The van der Waals surface area contributed by atoms with Crippen LogP contribution in [-0.2, 0) is 19.1 Å². The summed E-state index contributed by atoms with van der Waals surface area (Å²) in [6, 6.07) is 15.8. The fourth-order valence-electron chi connectivity index (χ4n) is 5.77. The highest BCUT2D eigenvalue weighted by Gasteiger charge is 2.54. The maximum atomic E-state index is 12.9. The third-order valence-corrected chi connectivity index (χ3v) is 7.67. The SMILES string of the molecule is C[C@H](CC(=O)N1CC2COCCC2(C(=O)O)C1)NC(=O)OCC1c2ccccc2-c2ccccc21. The molecule has 2 fully saturated rings. The number of aliphatic carboxylic acids is 1. The zero-order valence-corrected chi connectivity index (χ0v) is 19.7. The number of rotatable bonds is 6. The van der Waals surface area contributed by atoms with Gasteiger partial charge in [-0.2, -0.15) is 0 Å². The fourth-order valence-corrected chi connectivity index (χ4v) is 5.77. The minimum atomic E-state index is -0.933. The number of carboxylic acid groups (broad SMARTS) is 1. The van der Waals surface area contributed by atoms with Gasteiger partial charge in [0.1, 0.15) is 6.61 Å². The zero-order chi connectivity index (χ0) is 24.6. The molecule has 2 amide bonds. The number of benzene rings is 2. The minimum Gasteiger partial charge on any atom is -0.481 e. The van der Waals surface area contributed by atoms with Crippen molar-refractivity contribution in [2.45, 2.75) is 31.7 Å². The van der Waals surface area contributed by atoms with Crippen LogP contribution < -0.4 is 5.32 Å². The van der Waals surface area contributed by atoms with Gasteiger partial charge in [0.25, 0.3) is 0 Å². The van der Waals surface area contributed by atoms with Crippen LogP contribution in [0.3, 0.4) is 0 Å². The van der Waals surface area contributed by atoms with Crippen molar-refractivity contribution in [3.63, 3.8) is 0 Å². The molecule has 3 aliphatic rings. The lowest BCUT2D eigenvalue weighted by Crippen LogP contribution is -2.45. The summed E-state index contributed by atoms with van der Waals surface area (Å²) in [6.45, 7) is 3.25. The maximum absolute atomic E-state index is 12.9. The number of carbonyl (C=O) groups is 3. The van der Waals surface area contributed by atoms with Gasteiger partial charge in [0.15, 0.2) is 0 Å². The molecule has 2 aromatic carbocycles. The van der Waals surface area contributed by atoms with Crippen molar-refractivity contribution in [1.82, 2.24) is 10.2 Å². The topological polar surface area (TPSA) is 105 Å². The molecule has 2 unspecified atom stereocenters. The molecule has 2 aliphatic heterocycles. The van der Waals surface area contributed by atoms with E-state index in [1.807, 2.05) is 24.3 Å². The van der Waals surface area contributed by atoms with Gasteiger partial charge in [0.05, 0.1) is 12.0 Å². The van der Waals surface area contributed by atoms with Gasteiger partial charge in [0, 0.05) is 44.0 Å². The molecule has 184 valence electrons. The standard InChI is InChI=1S/C27H30N2O6/c1-17(12-24(30)29-13-18-14-34-11-10-27(18,16-29)25(31)32)28-26(33)35-15-23-21-8-4-2-6-19(21)20-7-3-5-9-22(20)23/h2-9,17-18,23H,10-16H2,1H3,(H,28,33)(H,31,32)/t17-,18?,27?/m1/s1. The molecule has 2 saturated heterocycles. The van der Waals surface area contributed by atoms with E-state index >= 15 is 0 Å². The van der Waals surface area contributed by atoms with Crippen molar-refractivity contribution in [3.05, 3.63) is 59.7 Å². The lowest BCUT2D eigenvalue weighted by Gasteiger charge is -2.33. The fraction of sp³-hybridized carbons (Fsp3) is 0.444. The Kier molecular flexibility index (Phi) is 6.23. The molecule has 2 aromatic rings. The molecule has 0 bridgehead atoms. The molecule has 0 aromatic heterocycles. The highest BCUT2D eigenvalue weighted by atomic mass is 16.5. The number of likely N-dealkylation sites (tertiary alicyclic amines) is 1. The van der Waals surface area contributed by atoms with Crippen LogP contribution in [0.25, 0.3) is 11.1 Å². The number of nitrogens with one attached hydrogen (secondary N) is 1. The Morgan fingerprint density at radius 1 is 1.14 bits per heavy atom. The Balaban J connectivity index is 1.15. The van der Waals surface area contributed by atoms with Gasteiger partial charge in [-0.05, 0) is 35.6 Å². The van der Waals surface area contributed by atoms with E-state index in [-0.39, 0.29) is 37.3 Å². The number of hydrogen-bond acceptors (Lipinski definition) is 5. The summed E-state index contributed by atoms with van der Waals surface area (Å²) in [5.74, 6) is -1.28. The summed E-state index contributed by atoms with van der Waals surface area (Å²) in [4.78, 5) is 39.0.